The van der Waals surface area contributed by atoms with E-state index < -0.39 is 5.91 Å². The molecule has 0 bridgehead atoms. The van der Waals surface area contributed by atoms with Crippen LogP contribution in [0.4, 0.5) is 0 Å². The van der Waals surface area contributed by atoms with E-state index in [9.17, 15) is 4.79 Å². The van der Waals surface area contributed by atoms with Crippen molar-refractivity contribution in [2.75, 3.05) is 0 Å². The van der Waals surface area contributed by atoms with Gasteiger partial charge in [0.25, 0.3) is 5.91 Å². The fourth-order valence-electron chi connectivity index (χ4n) is 4.23. The van der Waals surface area contributed by atoms with Gasteiger partial charge in [-0.3, -0.25) is 4.79 Å². The number of nitrogens with zero attached hydrogens (tertiary/aromatic N) is 3. The van der Waals surface area contributed by atoms with Crippen LogP contribution in [0, 0.1) is 20.9 Å². The minimum absolute atomic E-state index is 0.0387. The van der Waals surface area contributed by atoms with E-state index in [4.69, 9.17) is 81.8 Å². The number of hydrogen-bond acceptors (Lipinski definition) is 4. The molecular formula is C26H24Cl4N6OS2. The third-order valence-corrected chi connectivity index (χ3v) is 8.15. The molecule has 39 heavy (non-hydrogen) atoms. The first-order valence-corrected chi connectivity index (χ1v) is 14.1. The van der Waals surface area contributed by atoms with Crippen molar-refractivity contribution in [3.05, 3.63) is 101 Å². The maximum absolute atomic E-state index is 11.5. The van der Waals surface area contributed by atoms with Crippen molar-refractivity contribution in [3.8, 4) is 6.07 Å². The van der Waals surface area contributed by atoms with Gasteiger partial charge in [0.15, 0.2) is 9.54 Å². The molecular weight excluding hydrogens is 618 g/mol. The lowest BCUT2D eigenvalue weighted by Gasteiger charge is -2.19. The normalized spacial score (nSPS) is 12.2. The van der Waals surface area contributed by atoms with Gasteiger partial charge in [0.2, 0.25) is 0 Å². The number of rotatable bonds is 7. The monoisotopic (exact) mass is 640 g/mol. The Hall–Kier alpha value is -2.58. The molecule has 0 radical (unpaired) electrons. The molecule has 0 fully saturated rings. The number of imidazole rings is 2. The van der Waals surface area contributed by atoms with E-state index in [0.717, 1.165) is 24.0 Å². The highest BCUT2D eigenvalue weighted by Gasteiger charge is 2.20. The summed E-state index contributed by atoms with van der Waals surface area (Å²) in [6.45, 7) is 4.02. The Balaban J connectivity index is 0.000000216. The molecule has 1 amide bonds. The molecule has 204 valence electrons. The molecule has 0 aliphatic heterocycles. The number of nitrogens with two attached hydrogens (primary N) is 1. The van der Waals surface area contributed by atoms with Gasteiger partial charge in [0.1, 0.15) is 17.5 Å². The Bertz CT molecular complexity index is 1650. The maximum atomic E-state index is 11.5. The van der Waals surface area contributed by atoms with E-state index in [-0.39, 0.29) is 12.1 Å². The molecule has 0 spiro atoms. The fourth-order valence-corrected chi connectivity index (χ4v) is 5.41. The van der Waals surface area contributed by atoms with E-state index in [0.29, 0.717) is 41.0 Å². The van der Waals surface area contributed by atoms with Gasteiger partial charge in [-0.15, -0.1) is 0 Å². The molecule has 2 aromatic carbocycles. The molecule has 2 unspecified atom stereocenters. The van der Waals surface area contributed by atoms with Crippen LogP contribution in [0.3, 0.4) is 0 Å². The van der Waals surface area contributed by atoms with Crippen molar-refractivity contribution in [1.29, 1.82) is 5.26 Å². The Morgan fingerprint density at radius 3 is 1.77 bits per heavy atom. The molecule has 4 rings (SSSR count). The first-order valence-electron chi connectivity index (χ1n) is 11.7. The van der Waals surface area contributed by atoms with Crippen LogP contribution in [-0.2, 0) is 0 Å². The SMILES string of the molecule is CCC(c1ccc(Cl)c(Cl)c1)n1c(C#N)c[nH]c1=S.CCC(c1ccc(Cl)c(Cl)c1)n1c(C(N)=O)c[nH]c1=S. The molecule has 0 aliphatic rings. The van der Waals surface area contributed by atoms with Crippen molar-refractivity contribution >= 4 is 76.7 Å². The van der Waals surface area contributed by atoms with Crippen LogP contribution >= 0.6 is 70.8 Å². The first kappa shape index (κ1) is 31.0. The van der Waals surface area contributed by atoms with Crippen LogP contribution in [0.15, 0.2) is 48.8 Å². The number of benzene rings is 2. The number of aromatic amines is 2. The molecule has 4 N–H and O–H groups in total. The Morgan fingerprint density at radius 1 is 0.872 bits per heavy atom. The molecule has 2 atom stereocenters. The average molecular weight is 642 g/mol. The minimum atomic E-state index is -0.532. The predicted molar refractivity (Wildman–Crippen MR) is 162 cm³/mol. The van der Waals surface area contributed by atoms with Gasteiger partial charge in [-0.05, 0) is 72.7 Å². The Morgan fingerprint density at radius 2 is 1.33 bits per heavy atom. The van der Waals surface area contributed by atoms with Gasteiger partial charge in [-0.1, -0.05) is 72.4 Å². The van der Waals surface area contributed by atoms with Crippen molar-refractivity contribution in [1.82, 2.24) is 19.1 Å². The van der Waals surface area contributed by atoms with Crippen molar-refractivity contribution < 1.29 is 4.79 Å². The molecule has 2 heterocycles. The summed E-state index contributed by atoms with van der Waals surface area (Å²) in [7, 11) is 0. The summed E-state index contributed by atoms with van der Waals surface area (Å²) in [6.07, 6.45) is 4.65. The number of aromatic nitrogens is 4. The quantitative estimate of drug-likeness (QED) is 0.175. The highest BCUT2D eigenvalue weighted by Crippen LogP contribution is 2.31. The zero-order valence-corrected chi connectivity index (χ0v) is 25.5. The highest BCUT2D eigenvalue weighted by molar-refractivity contribution is 7.71. The number of amides is 1. The average Bonchev–Trinajstić information content (AvgIpc) is 3.47. The Kier molecular flexibility index (Phi) is 10.8. The predicted octanol–water partition coefficient (Wildman–Crippen LogP) is 8.67. The largest absolute Gasteiger partial charge is 0.364 e. The summed E-state index contributed by atoms with van der Waals surface area (Å²) in [6, 6.07) is 12.8. The third-order valence-electron chi connectivity index (χ3n) is 6.04. The zero-order valence-electron chi connectivity index (χ0n) is 20.8. The number of carbonyl (C=O) groups excluding carboxylic acids is 1. The van der Waals surface area contributed by atoms with Gasteiger partial charge in [0, 0.05) is 12.4 Å². The van der Waals surface area contributed by atoms with E-state index >= 15 is 0 Å². The lowest BCUT2D eigenvalue weighted by atomic mass is 10.0. The van der Waals surface area contributed by atoms with E-state index in [1.54, 1.807) is 33.5 Å². The number of H-pyrrole nitrogens is 2. The highest BCUT2D eigenvalue weighted by atomic mass is 35.5. The van der Waals surface area contributed by atoms with Crippen LogP contribution in [0.2, 0.25) is 20.1 Å². The number of halogens is 4. The number of nitriles is 1. The summed E-state index contributed by atoms with van der Waals surface area (Å²) in [5, 5.41) is 11.1. The smallest absolute Gasteiger partial charge is 0.266 e. The van der Waals surface area contributed by atoms with Gasteiger partial charge < -0.3 is 24.8 Å². The minimum Gasteiger partial charge on any atom is -0.364 e. The van der Waals surface area contributed by atoms with Crippen LogP contribution in [0.5, 0.6) is 0 Å². The number of carbonyl (C=O) groups is 1. The fraction of sp³-hybridized carbons (Fsp3) is 0.231. The van der Waals surface area contributed by atoms with Crippen molar-refractivity contribution in [2.45, 2.75) is 38.8 Å². The molecule has 2 aromatic heterocycles. The van der Waals surface area contributed by atoms with E-state index in [1.165, 1.54) is 6.20 Å². The second-order valence-corrected chi connectivity index (χ2v) is 10.8. The summed E-state index contributed by atoms with van der Waals surface area (Å²) in [5.74, 6) is -0.532. The lowest BCUT2D eigenvalue weighted by molar-refractivity contribution is 0.0990. The van der Waals surface area contributed by atoms with Gasteiger partial charge >= 0.3 is 0 Å². The molecule has 0 saturated heterocycles. The summed E-state index contributed by atoms with van der Waals surface area (Å²) >= 11 is 34.4. The second-order valence-electron chi connectivity index (χ2n) is 8.37. The summed E-state index contributed by atoms with van der Waals surface area (Å²) in [4.78, 5) is 17.2. The maximum Gasteiger partial charge on any atom is 0.266 e. The standard InChI is InChI=1S/C13H13Cl2N3OS.C13H11Cl2N3S/c1-2-10(7-3-4-8(14)9(15)5-7)18-11(12(16)19)6-17-13(18)20;1-2-12(8-3-4-10(14)11(15)5-8)18-9(6-16)7-17-13(18)19/h3-6,10H,2H2,1H3,(H2,16,19)(H,17,20);3-5,7,12H,2H2,1H3,(H,17,19). The number of nitrogens with one attached hydrogen (secondary N) is 2. The van der Waals surface area contributed by atoms with Gasteiger partial charge in [0.05, 0.1) is 32.2 Å². The molecule has 0 aliphatic carbocycles. The van der Waals surface area contributed by atoms with Crippen LogP contribution in [-0.4, -0.2) is 25.0 Å². The van der Waals surface area contributed by atoms with Gasteiger partial charge in [-0.25, -0.2) is 0 Å². The summed E-state index contributed by atoms with van der Waals surface area (Å²) < 4.78 is 4.47. The van der Waals surface area contributed by atoms with E-state index in [1.807, 2.05) is 32.0 Å². The van der Waals surface area contributed by atoms with Gasteiger partial charge in [-0.2, -0.15) is 5.26 Å². The van der Waals surface area contributed by atoms with Crippen LogP contribution in [0.25, 0.3) is 0 Å². The van der Waals surface area contributed by atoms with Crippen LogP contribution in [0.1, 0.15) is 66.1 Å². The molecule has 7 nitrogen and oxygen atoms in total. The number of primary amides is 1. The molecule has 0 saturated carbocycles. The second kappa shape index (κ2) is 13.7. The topological polar surface area (TPSA) is 108 Å². The Labute approximate surface area is 256 Å². The number of hydrogen-bond donors (Lipinski definition) is 3. The lowest BCUT2D eigenvalue weighted by Crippen LogP contribution is -2.21. The third kappa shape index (κ3) is 6.95. The summed E-state index contributed by atoms with van der Waals surface area (Å²) in [5.41, 5.74) is 8.12. The molecule has 13 heteroatoms. The van der Waals surface area contributed by atoms with Crippen molar-refractivity contribution in [2.24, 2.45) is 5.73 Å². The van der Waals surface area contributed by atoms with Crippen molar-refractivity contribution in [3.63, 3.8) is 0 Å². The molecule has 4 aromatic rings. The van der Waals surface area contributed by atoms with E-state index in [2.05, 4.69) is 16.0 Å². The first-order chi connectivity index (χ1) is 18.5. The zero-order chi connectivity index (χ0) is 28.9. The van der Waals surface area contributed by atoms with Crippen LogP contribution < -0.4 is 5.73 Å².